The van der Waals surface area contributed by atoms with Crippen LogP contribution in [-0.2, 0) is 10.0 Å². The number of halogens is 2. The normalized spacial score (nSPS) is 15.2. The van der Waals surface area contributed by atoms with Crippen LogP contribution in [0.2, 0.25) is 0 Å². The van der Waals surface area contributed by atoms with Crippen LogP contribution in [0.5, 0.6) is 0 Å². The second kappa shape index (κ2) is 9.47. The van der Waals surface area contributed by atoms with E-state index in [0.717, 1.165) is 17.7 Å². The van der Waals surface area contributed by atoms with Crippen LogP contribution in [0.4, 0.5) is 8.78 Å². The maximum absolute atomic E-state index is 14.3. The highest BCUT2D eigenvalue weighted by molar-refractivity contribution is 7.92. The summed E-state index contributed by atoms with van der Waals surface area (Å²) < 4.78 is 55.6. The van der Waals surface area contributed by atoms with Gasteiger partial charge in [-0.3, -0.25) is 4.79 Å². The van der Waals surface area contributed by atoms with Crippen molar-refractivity contribution in [2.24, 2.45) is 0 Å². The number of carbonyl (C=O) groups is 1. The molecule has 34 heavy (non-hydrogen) atoms. The molecule has 178 valence electrons. The van der Waals surface area contributed by atoms with Crippen LogP contribution in [-0.4, -0.2) is 59.5 Å². The third-order valence-corrected chi connectivity index (χ3v) is 7.33. The molecule has 1 saturated heterocycles. The van der Waals surface area contributed by atoms with Gasteiger partial charge in [-0.1, -0.05) is 30.3 Å². The number of hydrogen-bond donors (Lipinski definition) is 0. The minimum absolute atomic E-state index is 0.0437. The first-order valence-electron chi connectivity index (χ1n) is 10.7. The number of piperazine rings is 1. The number of sulfonamides is 1. The summed E-state index contributed by atoms with van der Waals surface area (Å²) in [5, 5.41) is 5.46. The molecule has 3 aromatic rings. The van der Waals surface area contributed by atoms with Gasteiger partial charge in [0.05, 0.1) is 17.0 Å². The summed E-state index contributed by atoms with van der Waals surface area (Å²) in [5.41, 5.74) is 1.98. The number of amides is 1. The monoisotopic (exact) mass is 486 g/mol. The fourth-order valence-electron chi connectivity index (χ4n) is 3.96. The maximum atomic E-state index is 14.3. The van der Waals surface area contributed by atoms with Gasteiger partial charge in [0, 0.05) is 37.7 Å². The predicted octanol–water partition coefficient (Wildman–Crippen LogP) is 3.53. The Morgan fingerprint density at radius 2 is 1.68 bits per heavy atom. The van der Waals surface area contributed by atoms with Gasteiger partial charge in [0.25, 0.3) is 5.91 Å². The zero-order valence-corrected chi connectivity index (χ0v) is 19.6. The van der Waals surface area contributed by atoms with E-state index in [-0.39, 0.29) is 37.8 Å². The average Bonchev–Trinajstić information content (AvgIpc) is 3.11. The first-order valence-corrected chi connectivity index (χ1v) is 12.2. The summed E-state index contributed by atoms with van der Waals surface area (Å²) >= 11 is 0. The van der Waals surface area contributed by atoms with Gasteiger partial charge in [-0.2, -0.15) is 9.40 Å². The summed E-state index contributed by atoms with van der Waals surface area (Å²) in [7, 11) is -3.63. The molecule has 1 fully saturated rings. The van der Waals surface area contributed by atoms with Gasteiger partial charge in [0.1, 0.15) is 11.5 Å². The van der Waals surface area contributed by atoms with E-state index in [4.69, 9.17) is 0 Å². The molecule has 0 radical (unpaired) electrons. The van der Waals surface area contributed by atoms with Crippen LogP contribution in [0.1, 0.15) is 27.3 Å². The molecule has 1 aliphatic rings. The summed E-state index contributed by atoms with van der Waals surface area (Å²) in [6, 6.07) is 12.3. The zero-order chi connectivity index (χ0) is 24.5. The highest BCUT2D eigenvalue weighted by atomic mass is 32.2. The second-order valence-electron chi connectivity index (χ2n) is 8.00. The van der Waals surface area contributed by atoms with E-state index in [2.05, 4.69) is 5.10 Å². The van der Waals surface area contributed by atoms with Crippen molar-refractivity contribution in [3.05, 3.63) is 88.1 Å². The fourth-order valence-corrected chi connectivity index (χ4v) is 5.13. The van der Waals surface area contributed by atoms with Crippen LogP contribution in [0.3, 0.4) is 0 Å². The Morgan fingerprint density at radius 1 is 1.00 bits per heavy atom. The van der Waals surface area contributed by atoms with Crippen molar-refractivity contribution in [2.45, 2.75) is 13.8 Å². The number of carbonyl (C=O) groups excluding carboxylic acids is 1. The lowest BCUT2D eigenvalue weighted by molar-refractivity contribution is 0.0697. The first-order chi connectivity index (χ1) is 16.2. The Balaban J connectivity index is 1.48. The predicted molar refractivity (Wildman–Crippen MR) is 125 cm³/mol. The van der Waals surface area contributed by atoms with Crippen LogP contribution in [0.25, 0.3) is 11.8 Å². The van der Waals surface area contributed by atoms with Crippen molar-refractivity contribution >= 4 is 22.0 Å². The minimum atomic E-state index is -3.63. The van der Waals surface area contributed by atoms with E-state index in [0.29, 0.717) is 17.0 Å². The molecule has 0 saturated carbocycles. The minimum Gasteiger partial charge on any atom is -0.336 e. The highest BCUT2D eigenvalue weighted by Gasteiger charge is 2.30. The largest absolute Gasteiger partial charge is 0.336 e. The van der Waals surface area contributed by atoms with E-state index in [1.807, 2.05) is 30.3 Å². The van der Waals surface area contributed by atoms with Crippen molar-refractivity contribution < 1.29 is 22.0 Å². The molecule has 0 aliphatic carbocycles. The molecule has 0 unspecified atom stereocenters. The first kappa shape index (κ1) is 23.8. The van der Waals surface area contributed by atoms with E-state index >= 15 is 0 Å². The standard InChI is InChI=1S/C24H24F2N4O3S/c1-17-23(18(2)30(27-17)22-9-8-20(25)16-21(22)26)24(31)28-11-13-29(14-12-28)34(32,33)15-10-19-6-4-3-5-7-19/h3-10,15-16H,11-14H2,1-2H3/b15-10+. The maximum Gasteiger partial charge on any atom is 0.257 e. The van der Waals surface area contributed by atoms with Gasteiger partial charge < -0.3 is 4.90 Å². The number of hydrogen-bond acceptors (Lipinski definition) is 4. The molecule has 0 bridgehead atoms. The Morgan fingerprint density at radius 3 is 2.32 bits per heavy atom. The number of benzene rings is 2. The van der Waals surface area contributed by atoms with Crippen LogP contribution < -0.4 is 0 Å². The number of aryl methyl sites for hydroxylation is 1. The molecule has 1 aliphatic heterocycles. The lowest BCUT2D eigenvalue weighted by Gasteiger charge is -2.33. The lowest BCUT2D eigenvalue weighted by atomic mass is 10.1. The van der Waals surface area contributed by atoms with Gasteiger partial charge in [0.15, 0.2) is 5.82 Å². The molecule has 0 atom stereocenters. The van der Waals surface area contributed by atoms with Crippen molar-refractivity contribution in [1.29, 1.82) is 0 Å². The summed E-state index contributed by atoms with van der Waals surface area (Å²) in [5.74, 6) is -1.79. The van der Waals surface area contributed by atoms with Crippen LogP contribution in [0, 0.1) is 25.5 Å². The molecule has 1 amide bonds. The van der Waals surface area contributed by atoms with E-state index < -0.39 is 21.7 Å². The molecule has 0 spiro atoms. The van der Waals surface area contributed by atoms with E-state index in [1.165, 1.54) is 20.5 Å². The summed E-state index contributed by atoms with van der Waals surface area (Å²) in [6.07, 6.45) is 1.54. The van der Waals surface area contributed by atoms with Crippen molar-refractivity contribution in [3.8, 4) is 5.69 Å². The third kappa shape index (κ3) is 4.78. The fraction of sp³-hybridized carbons (Fsp3) is 0.250. The lowest BCUT2D eigenvalue weighted by Crippen LogP contribution is -2.50. The van der Waals surface area contributed by atoms with E-state index in [1.54, 1.807) is 24.8 Å². The average molecular weight is 487 g/mol. The van der Waals surface area contributed by atoms with E-state index in [9.17, 15) is 22.0 Å². The molecule has 4 rings (SSSR count). The number of rotatable bonds is 5. The van der Waals surface area contributed by atoms with Crippen LogP contribution >= 0.6 is 0 Å². The van der Waals surface area contributed by atoms with Gasteiger partial charge in [-0.25, -0.2) is 21.9 Å². The molecule has 0 N–H and O–H groups in total. The Bertz CT molecular complexity index is 1350. The second-order valence-corrected chi connectivity index (χ2v) is 9.82. The topological polar surface area (TPSA) is 75.5 Å². The Hall–Kier alpha value is -3.37. The molecule has 2 aromatic carbocycles. The molecule has 10 heteroatoms. The van der Waals surface area contributed by atoms with Gasteiger partial charge in [-0.15, -0.1) is 0 Å². The van der Waals surface area contributed by atoms with Gasteiger partial charge in [0.2, 0.25) is 10.0 Å². The van der Waals surface area contributed by atoms with Gasteiger partial charge in [-0.05, 0) is 37.6 Å². The Kier molecular flexibility index (Phi) is 6.63. The third-order valence-electron chi connectivity index (χ3n) is 5.76. The highest BCUT2D eigenvalue weighted by Crippen LogP contribution is 2.23. The SMILES string of the molecule is Cc1nn(-c2ccc(F)cc2F)c(C)c1C(=O)N1CCN(S(=O)(=O)/C=C/c2ccccc2)CC1. The zero-order valence-electron chi connectivity index (χ0n) is 18.8. The molecule has 1 aromatic heterocycles. The molecular weight excluding hydrogens is 462 g/mol. The van der Waals surface area contributed by atoms with Crippen LogP contribution in [0.15, 0.2) is 53.9 Å². The summed E-state index contributed by atoms with van der Waals surface area (Å²) in [6.45, 7) is 4.04. The van der Waals surface area contributed by atoms with Crippen molar-refractivity contribution in [3.63, 3.8) is 0 Å². The molecule has 2 heterocycles. The molecule has 7 nitrogen and oxygen atoms in total. The number of aromatic nitrogens is 2. The Labute approximate surface area is 197 Å². The van der Waals surface area contributed by atoms with Crippen molar-refractivity contribution in [2.75, 3.05) is 26.2 Å². The van der Waals surface area contributed by atoms with Gasteiger partial charge >= 0.3 is 0 Å². The number of nitrogens with zero attached hydrogens (tertiary/aromatic N) is 4. The molecular formula is C24H24F2N4O3S. The quantitative estimate of drug-likeness (QED) is 0.553. The summed E-state index contributed by atoms with van der Waals surface area (Å²) in [4.78, 5) is 14.8. The van der Waals surface area contributed by atoms with Crippen molar-refractivity contribution in [1.82, 2.24) is 19.0 Å². The smallest absolute Gasteiger partial charge is 0.257 e.